The minimum Gasteiger partial charge on any atom is -0.234 e. The van der Waals surface area contributed by atoms with Crippen molar-refractivity contribution in [2.24, 2.45) is 4.40 Å². The normalized spacial score (nSPS) is 15.5. The molecule has 0 aromatic heterocycles. The van der Waals surface area contributed by atoms with Gasteiger partial charge in [0.1, 0.15) is 11.0 Å². The number of rotatable bonds is 2. The monoisotopic (exact) mass is 159 g/mol. The lowest BCUT2D eigenvalue weighted by molar-refractivity contribution is 0.651. The van der Waals surface area contributed by atoms with Gasteiger partial charge in [-0.15, -0.1) is 0 Å². The van der Waals surface area contributed by atoms with Crippen LogP contribution in [-0.4, -0.2) is 15.2 Å². The van der Waals surface area contributed by atoms with Crippen molar-refractivity contribution in [3.05, 3.63) is 12.7 Å². The van der Waals surface area contributed by atoms with E-state index in [4.69, 9.17) is 0 Å². The van der Waals surface area contributed by atoms with Crippen LogP contribution in [0.5, 0.6) is 0 Å². The van der Waals surface area contributed by atoms with E-state index < -0.39 is 11.0 Å². The number of nitrogens with zero attached hydrogens (tertiary/aromatic N) is 1. The largest absolute Gasteiger partial charge is 0.234 e. The quantitative estimate of drug-likeness (QED) is 0.564. The lowest BCUT2D eigenvalue weighted by atomic mass is 10.3. The number of allylic oxidation sites excluding steroid dienone is 1. The Labute approximate surface area is 64.6 Å². The minimum absolute atomic E-state index is 0.264. The summed E-state index contributed by atoms with van der Waals surface area (Å²) >= 11 is 0. The summed E-state index contributed by atoms with van der Waals surface area (Å²) in [5.41, 5.74) is 0. The minimum atomic E-state index is -1.14. The summed E-state index contributed by atoms with van der Waals surface area (Å²) in [7, 11) is -1.14. The fourth-order valence-electron chi connectivity index (χ4n) is 0.256. The van der Waals surface area contributed by atoms with Gasteiger partial charge in [-0.25, -0.2) is 4.21 Å². The van der Waals surface area contributed by atoms with Crippen molar-refractivity contribution >= 4 is 17.2 Å². The van der Waals surface area contributed by atoms with E-state index in [1.807, 2.05) is 20.8 Å². The maximum Gasteiger partial charge on any atom is 0.144 e. The Morgan fingerprint density at radius 3 is 2.30 bits per heavy atom. The summed E-state index contributed by atoms with van der Waals surface area (Å²) in [6.45, 7) is 9.07. The highest BCUT2D eigenvalue weighted by Crippen LogP contribution is 2.11. The molecule has 1 unspecified atom stereocenters. The standard InChI is InChI=1S/C7H13NOS/c1-5-6-8-10(9)7(2,3)4/h5-6H,1H2,2-4H3/b8-6+. The van der Waals surface area contributed by atoms with Gasteiger partial charge < -0.3 is 0 Å². The predicted molar refractivity (Wildman–Crippen MR) is 46.6 cm³/mol. The van der Waals surface area contributed by atoms with Gasteiger partial charge in [0.25, 0.3) is 0 Å². The highest BCUT2D eigenvalue weighted by atomic mass is 32.2. The Morgan fingerprint density at radius 2 is 2.00 bits per heavy atom. The van der Waals surface area contributed by atoms with Gasteiger partial charge >= 0.3 is 0 Å². The molecule has 0 aliphatic heterocycles. The first-order valence-electron chi connectivity index (χ1n) is 3.05. The number of hydrogen-bond acceptors (Lipinski definition) is 1. The van der Waals surface area contributed by atoms with Crippen molar-refractivity contribution in [3.63, 3.8) is 0 Å². The van der Waals surface area contributed by atoms with Crippen LogP contribution in [0.25, 0.3) is 0 Å². The fraction of sp³-hybridized carbons (Fsp3) is 0.571. The molecule has 0 heterocycles. The second-order valence-corrected chi connectivity index (χ2v) is 4.79. The lowest BCUT2D eigenvalue weighted by Gasteiger charge is -2.12. The van der Waals surface area contributed by atoms with E-state index in [1.165, 1.54) is 12.3 Å². The summed E-state index contributed by atoms with van der Waals surface area (Å²) in [6.07, 6.45) is 2.98. The van der Waals surface area contributed by atoms with Crippen molar-refractivity contribution in [1.29, 1.82) is 0 Å². The van der Waals surface area contributed by atoms with Crippen LogP contribution in [0.15, 0.2) is 17.1 Å². The highest BCUT2D eigenvalue weighted by Gasteiger charge is 2.17. The van der Waals surface area contributed by atoms with Crippen LogP contribution in [0.3, 0.4) is 0 Å². The van der Waals surface area contributed by atoms with E-state index in [0.29, 0.717) is 0 Å². The zero-order valence-corrected chi connectivity index (χ0v) is 7.44. The zero-order valence-electron chi connectivity index (χ0n) is 6.63. The van der Waals surface area contributed by atoms with Crippen LogP contribution < -0.4 is 0 Å². The molecule has 0 fully saturated rings. The molecule has 0 bridgehead atoms. The van der Waals surface area contributed by atoms with Crippen molar-refractivity contribution < 1.29 is 4.21 Å². The summed E-state index contributed by atoms with van der Waals surface area (Å²) < 4.78 is 14.6. The Bertz CT molecular complexity index is 167. The molecule has 0 spiro atoms. The van der Waals surface area contributed by atoms with E-state index in [9.17, 15) is 4.21 Å². The predicted octanol–water partition coefficient (Wildman–Crippen LogP) is 1.71. The summed E-state index contributed by atoms with van der Waals surface area (Å²) in [5, 5.41) is 0. The molecule has 2 nitrogen and oxygen atoms in total. The van der Waals surface area contributed by atoms with Crippen LogP contribution >= 0.6 is 0 Å². The first-order chi connectivity index (χ1) is 4.48. The molecule has 0 rings (SSSR count). The van der Waals surface area contributed by atoms with Crippen LogP contribution in [-0.2, 0) is 11.0 Å². The van der Waals surface area contributed by atoms with Crippen LogP contribution in [0.1, 0.15) is 20.8 Å². The van der Waals surface area contributed by atoms with E-state index in [0.717, 1.165) is 0 Å². The van der Waals surface area contributed by atoms with Gasteiger partial charge in [0.15, 0.2) is 0 Å². The van der Waals surface area contributed by atoms with Gasteiger partial charge in [0.05, 0.1) is 4.75 Å². The second-order valence-electron chi connectivity index (χ2n) is 2.85. The van der Waals surface area contributed by atoms with Gasteiger partial charge in [-0.05, 0) is 20.8 Å². The molecule has 3 heteroatoms. The van der Waals surface area contributed by atoms with E-state index >= 15 is 0 Å². The van der Waals surface area contributed by atoms with Crippen molar-refractivity contribution in [2.45, 2.75) is 25.5 Å². The van der Waals surface area contributed by atoms with E-state index in [-0.39, 0.29) is 4.75 Å². The van der Waals surface area contributed by atoms with Crippen LogP contribution in [0.2, 0.25) is 0 Å². The van der Waals surface area contributed by atoms with E-state index in [2.05, 4.69) is 11.0 Å². The molecule has 0 aliphatic carbocycles. The van der Waals surface area contributed by atoms with Gasteiger partial charge in [-0.2, -0.15) is 4.40 Å². The zero-order chi connectivity index (χ0) is 8.20. The van der Waals surface area contributed by atoms with Crippen LogP contribution in [0.4, 0.5) is 0 Å². The third kappa shape index (κ3) is 3.56. The Hall–Kier alpha value is -0.440. The third-order valence-electron chi connectivity index (χ3n) is 0.786. The van der Waals surface area contributed by atoms with Gasteiger partial charge in [0.2, 0.25) is 0 Å². The molecule has 0 saturated heterocycles. The first kappa shape index (κ1) is 9.56. The Morgan fingerprint density at radius 1 is 1.50 bits per heavy atom. The molecule has 0 amide bonds. The average Bonchev–Trinajstić information content (AvgIpc) is 1.80. The molecule has 0 aliphatic rings. The Kier molecular flexibility index (Phi) is 3.50. The Balaban J connectivity index is 4.11. The SMILES string of the molecule is C=C/C=N/S(=O)C(C)(C)C. The lowest BCUT2D eigenvalue weighted by Crippen LogP contribution is -2.19. The molecular formula is C7H13NOS. The molecule has 10 heavy (non-hydrogen) atoms. The molecular weight excluding hydrogens is 146 g/mol. The summed E-state index contributed by atoms with van der Waals surface area (Å²) in [5.74, 6) is 0. The maximum absolute atomic E-state index is 11.1. The molecule has 0 saturated carbocycles. The second kappa shape index (κ2) is 3.66. The van der Waals surface area contributed by atoms with Crippen molar-refractivity contribution in [3.8, 4) is 0 Å². The number of hydrogen-bond donors (Lipinski definition) is 0. The average molecular weight is 159 g/mol. The van der Waals surface area contributed by atoms with Gasteiger partial charge in [0, 0.05) is 6.21 Å². The molecule has 0 radical (unpaired) electrons. The summed E-state index contributed by atoms with van der Waals surface area (Å²) in [6, 6.07) is 0. The highest BCUT2D eigenvalue weighted by molar-refractivity contribution is 7.85. The van der Waals surface area contributed by atoms with Gasteiger partial charge in [-0.3, -0.25) is 0 Å². The molecule has 1 atom stereocenters. The summed E-state index contributed by atoms with van der Waals surface area (Å²) in [4.78, 5) is 0. The molecule has 0 N–H and O–H groups in total. The van der Waals surface area contributed by atoms with E-state index in [1.54, 1.807) is 0 Å². The molecule has 0 aromatic carbocycles. The molecule has 58 valence electrons. The smallest absolute Gasteiger partial charge is 0.144 e. The topological polar surface area (TPSA) is 29.4 Å². The third-order valence-corrected chi connectivity index (χ3v) is 2.15. The first-order valence-corrected chi connectivity index (χ1v) is 4.16. The van der Waals surface area contributed by atoms with Crippen molar-refractivity contribution in [2.75, 3.05) is 0 Å². The fourth-order valence-corrected chi connectivity index (χ4v) is 0.769. The van der Waals surface area contributed by atoms with Crippen LogP contribution in [0, 0.1) is 0 Å². The molecule has 0 aromatic rings. The maximum atomic E-state index is 11.1. The van der Waals surface area contributed by atoms with Gasteiger partial charge in [-0.1, -0.05) is 12.7 Å². The van der Waals surface area contributed by atoms with Crippen molar-refractivity contribution in [1.82, 2.24) is 0 Å².